The normalized spacial score (nSPS) is 21.8. The highest BCUT2D eigenvalue weighted by Crippen LogP contribution is 2.31. The van der Waals surface area contributed by atoms with Gasteiger partial charge in [0, 0.05) is 6.04 Å². The van der Waals surface area contributed by atoms with Gasteiger partial charge in [0.2, 0.25) is 10.0 Å². The fourth-order valence-corrected chi connectivity index (χ4v) is 5.19. The largest absolute Gasteiger partial charge is 0.495 e. The van der Waals surface area contributed by atoms with Crippen LogP contribution in [0.2, 0.25) is 0 Å². The van der Waals surface area contributed by atoms with Gasteiger partial charge in [-0.15, -0.1) is 0 Å². The Morgan fingerprint density at radius 2 is 1.87 bits per heavy atom. The molecule has 30 heavy (non-hydrogen) atoms. The van der Waals surface area contributed by atoms with Gasteiger partial charge in [0.15, 0.2) is 0 Å². The first-order valence-electron chi connectivity index (χ1n) is 9.99. The molecule has 1 fully saturated rings. The number of anilines is 1. The molecule has 2 aromatic rings. The first-order chi connectivity index (χ1) is 14.2. The smallest absolute Gasteiger partial charge is 0.258 e. The summed E-state index contributed by atoms with van der Waals surface area (Å²) in [5.41, 5.74) is 0.00893. The monoisotopic (exact) mass is 434 g/mol. The molecule has 1 saturated carbocycles. The van der Waals surface area contributed by atoms with E-state index in [2.05, 4.69) is 17.0 Å². The molecule has 3 atom stereocenters. The third-order valence-electron chi connectivity index (χ3n) is 5.86. The van der Waals surface area contributed by atoms with Gasteiger partial charge in [0.25, 0.3) is 5.91 Å². The van der Waals surface area contributed by atoms with E-state index < -0.39 is 21.7 Å². The van der Waals surface area contributed by atoms with Gasteiger partial charge in [-0.1, -0.05) is 38.8 Å². The molecular formula is C22H27FN2O4S. The number of hydrogen-bond donors (Lipinski definition) is 2. The van der Waals surface area contributed by atoms with E-state index in [9.17, 15) is 17.6 Å². The number of nitrogens with one attached hydrogen (secondary N) is 2. The maximum Gasteiger partial charge on any atom is 0.258 e. The zero-order valence-electron chi connectivity index (χ0n) is 17.3. The van der Waals surface area contributed by atoms with Gasteiger partial charge in [-0.25, -0.2) is 17.5 Å². The number of rotatable bonds is 6. The minimum atomic E-state index is -3.90. The van der Waals surface area contributed by atoms with E-state index in [0.29, 0.717) is 17.4 Å². The van der Waals surface area contributed by atoms with E-state index in [1.54, 1.807) is 24.3 Å². The quantitative estimate of drug-likeness (QED) is 0.714. The zero-order valence-corrected chi connectivity index (χ0v) is 18.1. The summed E-state index contributed by atoms with van der Waals surface area (Å²) in [6.45, 7) is 4.15. The third kappa shape index (κ3) is 4.82. The summed E-state index contributed by atoms with van der Waals surface area (Å²) in [5, 5.41) is 2.57. The maximum absolute atomic E-state index is 14.4. The average Bonchev–Trinajstić information content (AvgIpc) is 2.71. The first-order valence-corrected chi connectivity index (χ1v) is 11.5. The van der Waals surface area contributed by atoms with E-state index in [0.717, 1.165) is 31.4 Å². The van der Waals surface area contributed by atoms with Gasteiger partial charge in [0.1, 0.15) is 11.6 Å². The van der Waals surface area contributed by atoms with Crippen LogP contribution < -0.4 is 14.8 Å². The number of hydrogen-bond acceptors (Lipinski definition) is 4. The zero-order chi connectivity index (χ0) is 21.9. The Kier molecular flexibility index (Phi) is 6.77. The van der Waals surface area contributed by atoms with E-state index in [4.69, 9.17) is 4.74 Å². The minimum absolute atomic E-state index is 0.139. The number of methoxy groups -OCH3 is 1. The van der Waals surface area contributed by atoms with Crippen molar-refractivity contribution in [2.45, 2.75) is 44.0 Å². The molecule has 8 heteroatoms. The van der Waals surface area contributed by atoms with Crippen molar-refractivity contribution in [2.24, 2.45) is 11.8 Å². The van der Waals surface area contributed by atoms with Gasteiger partial charge in [-0.2, -0.15) is 0 Å². The number of benzene rings is 2. The summed E-state index contributed by atoms with van der Waals surface area (Å²) in [7, 11) is -2.44. The SMILES string of the molecule is COc1ccccc1NC(=O)c1cc(S(=O)(=O)N[C@@H]2CCC[C@H](C)[C@H]2C)ccc1F. The molecule has 0 bridgehead atoms. The number of para-hydroxylation sites is 2. The van der Waals surface area contributed by atoms with Crippen molar-refractivity contribution in [2.75, 3.05) is 12.4 Å². The Bertz CT molecular complexity index is 1030. The van der Waals surface area contributed by atoms with E-state index in [-0.39, 0.29) is 22.4 Å². The summed E-state index contributed by atoms with van der Waals surface area (Å²) in [5.74, 6) is -0.532. The fraction of sp³-hybridized carbons (Fsp3) is 0.409. The molecule has 0 unspecified atom stereocenters. The Morgan fingerprint density at radius 1 is 1.13 bits per heavy atom. The highest BCUT2D eigenvalue weighted by molar-refractivity contribution is 7.89. The van der Waals surface area contributed by atoms with Crippen LogP contribution in [0, 0.1) is 17.7 Å². The van der Waals surface area contributed by atoms with Crippen LogP contribution >= 0.6 is 0 Å². The van der Waals surface area contributed by atoms with Crippen LogP contribution in [0.25, 0.3) is 0 Å². The lowest BCUT2D eigenvalue weighted by Gasteiger charge is -2.34. The Morgan fingerprint density at radius 3 is 2.60 bits per heavy atom. The second-order valence-corrected chi connectivity index (χ2v) is 9.51. The van der Waals surface area contributed by atoms with Crippen molar-refractivity contribution < 1.29 is 22.3 Å². The number of halogens is 1. The summed E-state index contributed by atoms with van der Waals surface area (Å²) < 4.78 is 48.1. The van der Waals surface area contributed by atoms with Crippen LogP contribution in [0.5, 0.6) is 5.75 Å². The molecule has 0 saturated heterocycles. The molecule has 6 nitrogen and oxygen atoms in total. The van der Waals surface area contributed by atoms with Gasteiger partial charge in [0.05, 0.1) is 23.3 Å². The lowest BCUT2D eigenvalue weighted by Crippen LogP contribution is -2.43. The highest BCUT2D eigenvalue weighted by Gasteiger charge is 2.31. The summed E-state index contributed by atoms with van der Waals surface area (Å²) in [6, 6.07) is 9.76. The van der Waals surface area contributed by atoms with E-state index in [1.165, 1.54) is 13.2 Å². The molecule has 1 aliphatic rings. The summed E-state index contributed by atoms with van der Waals surface area (Å²) in [4.78, 5) is 12.5. The van der Waals surface area contributed by atoms with Crippen molar-refractivity contribution in [3.05, 3.63) is 53.8 Å². The van der Waals surface area contributed by atoms with Crippen LogP contribution in [-0.2, 0) is 10.0 Å². The second-order valence-electron chi connectivity index (χ2n) is 7.79. The molecule has 0 aliphatic heterocycles. The van der Waals surface area contributed by atoms with Crippen molar-refractivity contribution >= 4 is 21.6 Å². The van der Waals surface area contributed by atoms with Crippen molar-refractivity contribution in [1.29, 1.82) is 0 Å². The molecule has 3 rings (SSSR count). The highest BCUT2D eigenvalue weighted by atomic mass is 32.2. The minimum Gasteiger partial charge on any atom is -0.495 e. The van der Waals surface area contributed by atoms with Crippen molar-refractivity contribution in [3.8, 4) is 5.75 Å². The Labute approximate surface area is 176 Å². The van der Waals surface area contributed by atoms with Crippen LogP contribution in [0.1, 0.15) is 43.5 Å². The topological polar surface area (TPSA) is 84.5 Å². The number of carbonyl (C=O) groups excluding carboxylic acids is 1. The van der Waals surface area contributed by atoms with Gasteiger partial charge >= 0.3 is 0 Å². The van der Waals surface area contributed by atoms with Crippen molar-refractivity contribution in [3.63, 3.8) is 0 Å². The predicted octanol–water partition coefficient (Wildman–Crippen LogP) is 4.19. The molecule has 0 spiro atoms. The molecule has 162 valence electrons. The number of sulfonamides is 1. The van der Waals surface area contributed by atoms with Crippen LogP contribution in [-0.4, -0.2) is 27.5 Å². The molecular weight excluding hydrogens is 407 g/mol. The van der Waals surface area contributed by atoms with Crippen LogP contribution in [0.4, 0.5) is 10.1 Å². The maximum atomic E-state index is 14.4. The molecule has 0 radical (unpaired) electrons. The van der Waals surface area contributed by atoms with Gasteiger partial charge < -0.3 is 10.1 Å². The van der Waals surface area contributed by atoms with E-state index >= 15 is 0 Å². The van der Waals surface area contributed by atoms with E-state index in [1.807, 2.05) is 6.92 Å². The Balaban J connectivity index is 1.84. The summed E-state index contributed by atoms with van der Waals surface area (Å²) in [6.07, 6.45) is 2.78. The summed E-state index contributed by atoms with van der Waals surface area (Å²) >= 11 is 0. The lowest BCUT2D eigenvalue weighted by atomic mass is 9.78. The second kappa shape index (κ2) is 9.14. The Hall–Kier alpha value is -2.45. The van der Waals surface area contributed by atoms with Crippen LogP contribution in [0.15, 0.2) is 47.4 Å². The molecule has 1 aliphatic carbocycles. The average molecular weight is 435 g/mol. The molecule has 2 aromatic carbocycles. The number of amides is 1. The molecule has 1 amide bonds. The van der Waals surface area contributed by atoms with Gasteiger partial charge in [-0.3, -0.25) is 4.79 Å². The molecule has 2 N–H and O–H groups in total. The number of ether oxygens (including phenoxy) is 1. The lowest BCUT2D eigenvalue weighted by molar-refractivity contribution is 0.102. The third-order valence-corrected chi connectivity index (χ3v) is 7.35. The van der Waals surface area contributed by atoms with Gasteiger partial charge in [-0.05, 0) is 48.6 Å². The fourth-order valence-electron chi connectivity index (χ4n) is 3.80. The molecule has 0 aromatic heterocycles. The first kappa shape index (κ1) is 22.2. The van der Waals surface area contributed by atoms with Crippen LogP contribution in [0.3, 0.4) is 0 Å². The molecule has 0 heterocycles. The number of carbonyl (C=O) groups is 1. The van der Waals surface area contributed by atoms with Crippen molar-refractivity contribution in [1.82, 2.24) is 4.72 Å². The standard InChI is InChI=1S/C22H27FN2O4S/c1-14-7-6-9-19(15(14)2)25-30(27,28)16-11-12-18(23)17(13-16)22(26)24-20-8-4-5-10-21(20)29-3/h4-5,8,10-15,19,25H,6-7,9H2,1-3H3,(H,24,26)/t14-,15+,19+/m0/s1. The predicted molar refractivity (Wildman–Crippen MR) is 114 cm³/mol.